The molecule has 0 radical (unpaired) electrons. The van der Waals surface area contributed by atoms with Gasteiger partial charge in [-0.15, -0.1) is 0 Å². The summed E-state index contributed by atoms with van der Waals surface area (Å²) in [4.78, 5) is 31.6. The van der Waals surface area contributed by atoms with Crippen LogP contribution in [0, 0.1) is 0 Å². The van der Waals surface area contributed by atoms with Crippen LogP contribution in [0.25, 0.3) is 12.2 Å². The fourth-order valence-corrected chi connectivity index (χ4v) is 6.27. The van der Waals surface area contributed by atoms with E-state index in [2.05, 4.69) is 47.9 Å². The zero-order valence-electron chi connectivity index (χ0n) is 16.7. The highest BCUT2D eigenvalue weighted by Crippen LogP contribution is 2.47. The highest BCUT2D eigenvalue weighted by Gasteiger charge is 2.28. The standard InChI is InChI=1S/C24H20N2O2S2/c1-3-25-17-9-5-7-11-19(17)29-21(25)13-15-16(24(28)23(15)27)14-22-26(4-2)18-10-6-8-12-20(18)30-22/h5-14H,3-4H2,1-2H3. The molecule has 0 atom stereocenters. The van der Waals surface area contributed by atoms with Crippen LogP contribution in [0.3, 0.4) is 0 Å². The zero-order chi connectivity index (χ0) is 20.8. The summed E-state index contributed by atoms with van der Waals surface area (Å²) in [5, 5.41) is 1.97. The fourth-order valence-electron chi connectivity index (χ4n) is 3.93. The summed E-state index contributed by atoms with van der Waals surface area (Å²) in [7, 11) is 0. The Morgan fingerprint density at radius 1 is 0.700 bits per heavy atom. The molecule has 6 heteroatoms. The first-order chi connectivity index (χ1) is 14.6. The molecule has 0 aliphatic carbocycles. The molecule has 0 N–H and O–H groups in total. The number of nitrogens with zero attached hydrogens (tertiary/aromatic N) is 2. The highest BCUT2D eigenvalue weighted by atomic mass is 32.2. The summed E-state index contributed by atoms with van der Waals surface area (Å²) in [5.74, 6) is 0. The number of rotatable bonds is 4. The molecule has 2 aliphatic heterocycles. The maximum absolute atomic E-state index is 12.4. The van der Waals surface area contributed by atoms with Gasteiger partial charge in [0.15, 0.2) is 0 Å². The van der Waals surface area contributed by atoms with Crippen molar-refractivity contribution in [3.8, 4) is 0 Å². The summed E-state index contributed by atoms with van der Waals surface area (Å²) >= 11 is 3.28. The van der Waals surface area contributed by atoms with E-state index in [1.807, 2.05) is 36.4 Å². The Balaban J connectivity index is 1.53. The molecule has 0 amide bonds. The molecule has 0 spiro atoms. The Morgan fingerprint density at radius 3 is 1.50 bits per heavy atom. The van der Waals surface area contributed by atoms with Crippen LogP contribution in [0.1, 0.15) is 25.0 Å². The highest BCUT2D eigenvalue weighted by molar-refractivity contribution is 8.04. The summed E-state index contributed by atoms with van der Waals surface area (Å²) < 4.78 is 0. The van der Waals surface area contributed by atoms with Crippen LogP contribution in [0.4, 0.5) is 11.4 Å². The molecule has 2 aliphatic rings. The lowest BCUT2D eigenvalue weighted by atomic mass is 10.0. The van der Waals surface area contributed by atoms with E-state index in [1.165, 1.54) is 9.79 Å². The van der Waals surface area contributed by atoms with E-state index in [0.717, 1.165) is 34.5 Å². The maximum Gasteiger partial charge on any atom is 0.234 e. The molecule has 0 saturated heterocycles. The molecule has 0 unspecified atom stereocenters. The van der Waals surface area contributed by atoms with Crippen LogP contribution in [0.15, 0.2) is 78.0 Å². The zero-order valence-corrected chi connectivity index (χ0v) is 18.3. The van der Waals surface area contributed by atoms with Crippen LogP contribution >= 0.6 is 23.5 Å². The second-order valence-corrected chi connectivity index (χ2v) is 9.20. The van der Waals surface area contributed by atoms with E-state index in [1.54, 1.807) is 23.5 Å². The van der Waals surface area contributed by atoms with Gasteiger partial charge in [0.05, 0.1) is 21.4 Å². The number of thioether (sulfide) groups is 2. The van der Waals surface area contributed by atoms with Gasteiger partial charge in [-0.25, -0.2) is 0 Å². The van der Waals surface area contributed by atoms with Crippen LogP contribution in [0.5, 0.6) is 0 Å². The second-order valence-electron chi connectivity index (χ2n) is 7.08. The molecular weight excluding hydrogens is 412 g/mol. The number of anilines is 2. The Labute approximate surface area is 183 Å². The number of hydrogen-bond acceptors (Lipinski definition) is 6. The normalized spacial score (nSPS) is 17.9. The van der Waals surface area contributed by atoms with Crippen molar-refractivity contribution in [3.63, 3.8) is 0 Å². The third-order valence-electron chi connectivity index (χ3n) is 5.43. The van der Waals surface area contributed by atoms with E-state index in [-0.39, 0.29) is 0 Å². The topological polar surface area (TPSA) is 40.6 Å². The van der Waals surface area contributed by atoms with Gasteiger partial charge >= 0.3 is 0 Å². The van der Waals surface area contributed by atoms with Crippen LogP contribution in [0.2, 0.25) is 0 Å². The van der Waals surface area contributed by atoms with Crippen molar-refractivity contribution in [1.29, 1.82) is 0 Å². The molecule has 3 aromatic carbocycles. The Kier molecular flexibility index (Phi) is 4.83. The molecule has 0 fully saturated rings. The minimum absolute atomic E-state index is 0.398. The SMILES string of the molecule is CCN1C(=Cc2c(C=C3Sc4ccccc4N3CC)c(=O)c2=O)Sc2ccccc21. The van der Waals surface area contributed by atoms with Gasteiger partial charge in [-0.2, -0.15) is 0 Å². The summed E-state index contributed by atoms with van der Waals surface area (Å²) in [6.45, 7) is 5.78. The monoisotopic (exact) mass is 432 g/mol. The molecule has 4 nitrogen and oxygen atoms in total. The largest absolute Gasteiger partial charge is 0.335 e. The van der Waals surface area contributed by atoms with Crippen LogP contribution in [-0.2, 0) is 0 Å². The van der Waals surface area contributed by atoms with Gasteiger partial charge in [-0.05, 0) is 50.3 Å². The van der Waals surface area contributed by atoms with Crippen molar-refractivity contribution >= 4 is 47.1 Å². The van der Waals surface area contributed by atoms with Gasteiger partial charge in [0, 0.05) is 34.0 Å². The van der Waals surface area contributed by atoms with Crippen molar-refractivity contribution < 1.29 is 0 Å². The minimum atomic E-state index is -0.398. The van der Waals surface area contributed by atoms with E-state index < -0.39 is 10.9 Å². The number of fused-ring (bicyclic) bond motifs is 2. The third-order valence-corrected chi connectivity index (χ3v) is 7.65. The van der Waals surface area contributed by atoms with Gasteiger partial charge in [-0.1, -0.05) is 47.8 Å². The van der Waals surface area contributed by atoms with E-state index in [4.69, 9.17) is 0 Å². The van der Waals surface area contributed by atoms with Crippen LogP contribution < -0.4 is 20.7 Å². The predicted molar refractivity (Wildman–Crippen MR) is 128 cm³/mol. The first-order valence-electron chi connectivity index (χ1n) is 9.98. The first-order valence-corrected chi connectivity index (χ1v) is 11.6. The van der Waals surface area contributed by atoms with Gasteiger partial charge in [0.1, 0.15) is 0 Å². The van der Waals surface area contributed by atoms with Crippen LogP contribution in [-0.4, -0.2) is 13.1 Å². The number of hydrogen-bond donors (Lipinski definition) is 0. The molecule has 0 saturated carbocycles. The van der Waals surface area contributed by atoms with E-state index in [0.29, 0.717) is 11.1 Å². The van der Waals surface area contributed by atoms with Gasteiger partial charge in [-0.3, -0.25) is 9.59 Å². The van der Waals surface area contributed by atoms with E-state index in [9.17, 15) is 9.59 Å². The van der Waals surface area contributed by atoms with Crippen molar-refractivity contribution in [3.05, 3.63) is 90.2 Å². The molecule has 5 rings (SSSR count). The predicted octanol–water partition coefficient (Wildman–Crippen LogP) is 5.14. The molecule has 0 bridgehead atoms. The number of para-hydroxylation sites is 2. The third kappa shape index (κ3) is 2.94. The van der Waals surface area contributed by atoms with Crippen molar-refractivity contribution in [1.82, 2.24) is 0 Å². The average molecular weight is 433 g/mol. The minimum Gasteiger partial charge on any atom is -0.335 e. The molecule has 2 heterocycles. The Hall–Kier alpha value is -2.70. The van der Waals surface area contributed by atoms with Crippen molar-refractivity contribution in [2.75, 3.05) is 22.9 Å². The molecule has 0 aromatic heterocycles. The average Bonchev–Trinajstić information content (AvgIpc) is 3.32. The lowest BCUT2D eigenvalue weighted by Gasteiger charge is -2.19. The second kappa shape index (κ2) is 7.52. The Morgan fingerprint density at radius 2 is 1.10 bits per heavy atom. The lowest BCUT2D eigenvalue weighted by molar-refractivity contribution is 1.00. The Bertz CT molecular complexity index is 1190. The molecule has 3 aromatic rings. The molecule has 30 heavy (non-hydrogen) atoms. The van der Waals surface area contributed by atoms with Gasteiger partial charge in [0.25, 0.3) is 0 Å². The molecule has 150 valence electrons. The smallest absolute Gasteiger partial charge is 0.234 e. The van der Waals surface area contributed by atoms with Crippen molar-refractivity contribution in [2.45, 2.75) is 23.6 Å². The maximum atomic E-state index is 12.4. The summed E-state index contributed by atoms with van der Waals surface area (Å²) in [6, 6.07) is 16.4. The first kappa shape index (κ1) is 19.3. The quantitative estimate of drug-likeness (QED) is 0.532. The summed E-state index contributed by atoms with van der Waals surface area (Å²) in [5.41, 5.74) is 2.52. The van der Waals surface area contributed by atoms with Gasteiger partial charge < -0.3 is 9.80 Å². The fraction of sp³-hybridized carbons (Fsp3) is 0.167. The molecular formula is C24H20N2O2S2. The van der Waals surface area contributed by atoms with E-state index >= 15 is 0 Å². The summed E-state index contributed by atoms with van der Waals surface area (Å²) in [6.07, 6.45) is 3.76. The lowest BCUT2D eigenvalue weighted by Crippen LogP contribution is -2.37. The van der Waals surface area contributed by atoms with Gasteiger partial charge in [0.2, 0.25) is 10.9 Å². The number of benzene rings is 2. The van der Waals surface area contributed by atoms with Crippen molar-refractivity contribution in [2.24, 2.45) is 0 Å².